The van der Waals surface area contributed by atoms with Gasteiger partial charge >= 0.3 is 0 Å². The number of fused-ring (bicyclic) bond motifs is 1. The fourth-order valence-corrected chi connectivity index (χ4v) is 3.42. The Kier molecular flexibility index (Phi) is 6.69. The molecule has 3 heterocycles. The van der Waals surface area contributed by atoms with Gasteiger partial charge in [0.1, 0.15) is 18.4 Å². The molecule has 31 heavy (non-hydrogen) atoms. The van der Waals surface area contributed by atoms with E-state index in [2.05, 4.69) is 10.3 Å². The van der Waals surface area contributed by atoms with E-state index < -0.39 is 6.10 Å². The van der Waals surface area contributed by atoms with E-state index in [1.807, 2.05) is 35.0 Å². The normalized spacial score (nSPS) is 16.9. The minimum absolute atomic E-state index is 0.0795. The summed E-state index contributed by atoms with van der Waals surface area (Å²) < 4.78 is 24.5. The standard InChI is InChI=1S/C23H27N3O5/c1-16(30-15-19-6-5-11-29-19)23(27)25-17-8-9-20(28-2)21(12-17)31-14-18-13-26-10-4-3-7-22(26)24-18/h3-4,7-10,12-13,16,19H,5-6,11,14-15H2,1-2H3,(H,25,27). The second-order valence-electron chi connectivity index (χ2n) is 7.45. The molecule has 1 aliphatic rings. The van der Waals surface area contributed by atoms with Crippen LogP contribution < -0.4 is 14.8 Å². The summed E-state index contributed by atoms with van der Waals surface area (Å²) in [6.07, 6.45) is 5.35. The highest BCUT2D eigenvalue weighted by Crippen LogP contribution is 2.31. The van der Waals surface area contributed by atoms with E-state index >= 15 is 0 Å². The Balaban J connectivity index is 1.37. The lowest BCUT2D eigenvalue weighted by molar-refractivity contribution is -0.128. The highest BCUT2D eigenvalue weighted by Gasteiger charge is 2.20. The van der Waals surface area contributed by atoms with Crippen molar-refractivity contribution >= 4 is 17.2 Å². The summed E-state index contributed by atoms with van der Waals surface area (Å²) in [5, 5.41) is 2.87. The number of hydrogen-bond donors (Lipinski definition) is 1. The highest BCUT2D eigenvalue weighted by atomic mass is 16.5. The molecule has 0 bridgehead atoms. The van der Waals surface area contributed by atoms with Crippen LogP contribution in [0.2, 0.25) is 0 Å². The van der Waals surface area contributed by atoms with E-state index in [0.29, 0.717) is 23.8 Å². The van der Waals surface area contributed by atoms with Crippen molar-refractivity contribution in [3.05, 3.63) is 54.5 Å². The molecule has 1 saturated heterocycles. The zero-order valence-electron chi connectivity index (χ0n) is 17.7. The fourth-order valence-electron chi connectivity index (χ4n) is 3.42. The predicted octanol–water partition coefficient (Wildman–Crippen LogP) is 3.44. The Hall–Kier alpha value is -3.10. The number of carbonyl (C=O) groups is 1. The fraction of sp³-hybridized carbons (Fsp3) is 0.391. The largest absolute Gasteiger partial charge is 0.493 e. The van der Waals surface area contributed by atoms with Crippen LogP contribution in [0, 0.1) is 0 Å². The van der Waals surface area contributed by atoms with Gasteiger partial charge < -0.3 is 28.7 Å². The number of imidazole rings is 1. The van der Waals surface area contributed by atoms with Crippen LogP contribution in [0.3, 0.4) is 0 Å². The second-order valence-corrected chi connectivity index (χ2v) is 7.45. The van der Waals surface area contributed by atoms with Crippen molar-refractivity contribution in [1.29, 1.82) is 0 Å². The van der Waals surface area contributed by atoms with Gasteiger partial charge in [-0.15, -0.1) is 0 Å². The van der Waals surface area contributed by atoms with Gasteiger partial charge in [0.25, 0.3) is 5.91 Å². The van der Waals surface area contributed by atoms with Crippen LogP contribution in [0.4, 0.5) is 5.69 Å². The number of carbonyl (C=O) groups excluding carboxylic acids is 1. The summed E-state index contributed by atoms with van der Waals surface area (Å²) in [5.41, 5.74) is 2.24. The average Bonchev–Trinajstić information content (AvgIpc) is 3.45. The van der Waals surface area contributed by atoms with E-state index in [-0.39, 0.29) is 18.6 Å². The number of pyridine rings is 1. The first-order valence-corrected chi connectivity index (χ1v) is 10.4. The van der Waals surface area contributed by atoms with Crippen molar-refractivity contribution in [2.45, 2.75) is 38.6 Å². The van der Waals surface area contributed by atoms with E-state index in [4.69, 9.17) is 18.9 Å². The average molecular weight is 425 g/mol. The zero-order chi connectivity index (χ0) is 21.6. The van der Waals surface area contributed by atoms with Crippen molar-refractivity contribution in [3.8, 4) is 11.5 Å². The van der Waals surface area contributed by atoms with Gasteiger partial charge in [-0.2, -0.15) is 0 Å². The Bertz CT molecular complexity index is 996. The van der Waals surface area contributed by atoms with Crippen LogP contribution in [-0.2, 0) is 20.9 Å². The topological polar surface area (TPSA) is 83.3 Å². The van der Waals surface area contributed by atoms with Gasteiger partial charge in [-0.1, -0.05) is 6.07 Å². The molecule has 1 fully saturated rings. The minimum Gasteiger partial charge on any atom is -0.493 e. The molecule has 1 amide bonds. The first-order chi connectivity index (χ1) is 15.1. The van der Waals surface area contributed by atoms with E-state index in [1.165, 1.54) is 0 Å². The van der Waals surface area contributed by atoms with Gasteiger partial charge in [-0.25, -0.2) is 4.98 Å². The zero-order valence-corrected chi connectivity index (χ0v) is 17.7. The maximum atomic E-state index is 12.5. The molecule has 1 N–H and O–H groups in total. The Morgan fingerprint density at radius 2 is 2.23 bits per heavy atom. The minimum atomic E-state index is -0.589. The molecule has 8 heteroatoms. The maximum Gasteiger partial charge on any atom is 0.253 e. The lowest BCUT2D eigenvalue weighted by Crippen LogP contribution is -2.30. The van der Waals surface area contributed by atoms with Gasteiger partial charge in [-0.3, -0.25) is 4.79 Å². The molecule has 0 radical (unpaired) electrons. The summed E-state index contributed by atoms with van der Waals surface area (Å²) in [7, 11) is 1.58. The molecule has 8 nitrogen and oxygen atoms in total. The molecule has 0 aliphatic carbocycles. The molecule has 2 aromatic heterocycles. The number of methoxy groups -OCH3 is 1. The summed E-state index contributed by atoms with van der Waals surface area (Å²) in [5.74, 6) is 0.865. The Labute approximate surface area is 181 Å². The molecule has 3 aromatic rings. The van der Waals surface area contributed by atoms with E-state index in [0.717, 1.165) is 30.8 Å². The van der Waals surface area contributed by atoms with Crippen LogP contribution in [0.25, 0.3) is 5.65 Å². The van der Waals surface area contributed by atoms with Crippen molar-refractivity contribution in [2.75, 3.05) is 25.6 Å². The molecule has 4 rings (SSSR count). The molecule has 1 aromatic carbocycles. The number of aromatic nitrogens is 2. The monoisotopic (exact) mass is 425 g/mol. The quantitative estimate of drug-likeness (QED) is 0.565. The number of nitrogens with one attached hydrogen (secondary N) is 1. The number of rotatable bonds is 9. The molecule has 0 saturated carbocycles. The third kappa shape index (κ3) is 5.34. The number of amides is 1. The van der Waals surface area contributed by atoms with Gasteiger partial charge in [-0.05, 0) is 44.0 Å². The molecule has 164 valence electrons. The van der Waals surface area contributed by atoms with Crippen LogP contribution in [0.1, 0.15) is 25.5 Å². The van der Waals surface area contributed by atoms with Crippen LogP contribution in [0.15, 0.2) is 48.8 Å². The number of benzene rings is 1. The summed E-state index contributed by atoms with van der Waals surface area (Å²) >= 11 is 0. The number of ether oxygens (including phenoxy) is 4. The van der Waals surface area contributed by atoms with Gasteiger partial charge in [0.05, 0.1) is 25.5 Å². The first-order valence-electron chi connectivity index (χ1n) is 10.4. The Morgan fingerprint density at radius 1 is 1.32 bits per heavy atom. The van der Waals surface area contributed by atoms with Crippen molar-refractivity contribution in [2.24, 2.45) is 0 Å². The number of anilines is 1. The summed E-state index contributed by atoms with van der Waals surface area (Å²) in [6.45, 7) is 3.19. The van der Waals surface area contributed by atoms with Gasteiger partial charge in [0, 0.05) is 30.8 Å². The van der Waals surface area contributed by atoms with Crippen LogP contribution in [-0.4, -0.2) is 47.8 Å². The number of nitrogens with zero attached hydrogens (tertiary/aromatic N) is 2. The number of hydrogen-bond acceptors (Lipinski definition) is 6. The molecule has 2 unspecified atom stereocenters. The first kappa shape index (κ1) is 21.1. The van der Waals surface area contributed by atoms with E-state index in [9.17, 15) is 4.79 Å². The van der Waals surface area contributed by atoms with Crippen LogP contribution >= 0.6 is 0 Å². The molecule has 2 atom stereocenters. The maximum absolute atomic E-state index is 12.5. The third-order valence-corrected chi connectivity index (χ3v) is 5.15. The second kappa shape index (κ2) is 9.80. The Morgan fingerprint density at radius 3 is 3.00 bits per heavy atom. The summed E-state index contributed by atoms with van der Waals surface area (Å²) in [4.78, 5) is 17.0. The van der Waals surface area contributed by atoms with Gasteiger partial charge in [0.2, 0.25) is 0 Å². The lowest BCUT2D eigenvalue weighted by atomic mass is 10.2. The van der Waals surface area contributed by atoms with Crippen molar-refractivity contribution in [1.82, 2.24) is 9.38 Å². The molecule has 0 spiro atoms. The molecular weight excluding hydrogens is 398 g/mol. The summed E-state index contributed by atoms with van der Waals surface area (Å²) in [6, 6.07) is 11.1. The van der Waals surface area contributed by atoms with Crippen molar-refractivity contribution in [3.63, 3.8) is 0 Å². The van der Waals surface area contributed by atoms with Crippen LogP contribution in [0.5, 0.6) is 11.5 Å². The third-order valence-electron chi connectivity index (χ3n) is 5.15. The molecular formula is C23H27N3O5. The van der Waals surface area contributed by atoms with Crippen molar-refractivity contribution < 1.29 is 23.7 Å². The predicted molar refractivity (Wildman–Crippen MR) is 116 cm³/mol. The molecule has 1 aliphatic heterocycles. The SMILES string of the molecule is COc1ccc(NC(=O)C(C)OCC2CCCO2)cc1OCc1cn2ccccc2n1. The smallest absolute Gasteiger partial charge is 0.253 e. The van der Waals surface area contributed by atoms with Gasteiger partial charge in [0.15, 0.2) is 11.5 Å². The highest BCUT2D eigenvalue weighted by molar-refractivity contribution is 5.94. The lowest BCUT2D eigenvalue weighted by Gasteiger charge is -2.17. The van der Waals surface area contributed by atoms with E-state index in [1.54, 1.807) is 32.2 Å².